The molecule has 17 heavy (non-hydrogen) atoms. The predicted molar refractivity (Wildman–Crippen MR) is 73.5 cm³/mol. The zero-order chi connectivity index (χ0) is 12.5. The van der Waals surface area contributed by atoms with Gasteiger partial charge in [0, 0.05) is 43.1 Å². The van der Waals surface area contributed by atoms with Crippen molar-refractivity contribution < 1.29 is 0 Å². The van der Waals surface area contributed by atoms with E-state index in [4.69, 9.17) is 0 Å². The van der Waals surface area contributed by atoms with Crippen molar-refractivity contribution >= 4 is 11.3 Å². The zero-order valence-corrected chi connectivity index (χ0v) is 12.2. The highest BCUT2D eigenvalue weighted by Crippen LogP contribution is 2.19. The van der Waals surface area contributed by atoms with E-state index in [-0.39, 0.29) is 0 Å². The molecule has 1 aliphatic heterocycles. The Morgan fingerprint density at radius 1 is 1.24 bits per heavy atom. The van der Waals surface area contributed by atoms with Gasteiger partial charge in [-0.3, -0.25) is 9.80 Å². The van der Waals surface area contributed by atoms with Crippen LogP contribution in [0.5, 0.6) is 0 Å². The molecule has 1 aliphatic rings. The lowest BCUT2D eigenvalue weighted by atomic mass is 10.0. The maximum absolute atomic E-state index is 4.32. The summed E-state index contributed by atoms with van der Waals surface area (Å²) >= 11 is 1.78. The summed E-state index contributed by atoms with van der Waals surface area (Å²) in [4.78, 5) is 10.9. The predicted octanol–water partition coefficient (Wildman–Crippen LogP) is 2.37. The largest absolute Gasteiger partial charge is 0.296 e. The van der Waals surface area contributed by atoms with Gasteiger partial charge < -0.3 is 0 Å². The molecule has 4 heteroatoms. The number of piperazine rings is 1. The van der Waals surface area contributed by atoms with Crippen LogP contribution in [0.15, 0.2) is 5.51 Å². The van der Waals surface area contributed by atoms with E-state index in [0.29, 0.717) is 5.54 Å². The van der Waals surface area contributed by atoms with Crippen LogP contribution in [0.25, 0.3) is 0 Å². The van der Waals surface area contributed by atoms with Crippen LogP contribution in [-0.2, 0) is 6.54 Å². The molecule has 96 valence electrons. The Hall–Kier alpha value is -0.450. The van der Waals surface area contributed by atoms with Crippen molar-refractivity contribution in [3.05, 3.63) is 16.1 Å². The highest BCUT2D eigenvalue weighted by Gasteiger charge is 2.25. The molecule has 0 N–H and O–H groups in total. The topological polar surface area (TPSA) is 19.4 Å². The summed E-state index contributed by atoms with van der Waals surface area (Å²) in [6, 6.07) is 0. The van der Waals surface area contributed by atoms with Crippen molar-refractivity contribution in [2.24, 2.45) is 0 Å². The van der Waals surface area contributed by atoms with Gasteiger partial charge in [-0.1, -0.05) is 0 Å². The average Bonchev–Trinajstić information content (AvgIpc) is 2.64. The minimum absolute atomic E-state index is 0.312. The van der Waals surface area contributed by atoms with Crippen molar-refractivity contribution in [1.82, 2.24) is 14.8 Å². The first-order valence-electron chi connectivity index (χ1n) is 6.33. The average molecular weight is 253 g/mol. The lowest BCUT2D eigenvalue weighted by molar-refractivity contribution is 0.0594. The third-order valence-electron chi connectivity index (χ3n) is 3.53. The van der Waals surface area contributed by atoms with Crippen LogP contribution in [-0.4, -0.2) is 46.5 Å². The van der Waals surface area contributed by atoms with E-state index in [0.717, 1.165) is 6.54 Å². The molecule has 0 unspecified atom stereocenters. The van der Waals surface area contributed by atoms with E-state index >= 15 is 0 Å². The van der Waals surface area contributed by atoms with Gasteiger partial charge in [-0.25, -0.2) is 4.98 Å². The van der Waals surface area contributed by atoms with Gasteiger partial charge in [0.15, 0.2) is 0 Å². The molecule has 0 atom stereocenters. The van der Waals surface area contributed by atoms with Gasteiger partial charge in [-0.15, -0.1) is 11.3 Å². The third-order valence-corrected chi connectivity index (χ3v) is 4.45. The van der Waals surface area contributed by atoms with Gasteiger partial charge in [0.2, 0.25) is 0 Å². The molecule has 0 saturated carbocycles. The van der Waals surface area contributed by atoms with Gasteiger partial charge in [0.05, 0.1) is 11.2 Å². The van der Waals surface area contributed by atoms with Crippen LogP contribution < -0.4 is 0 Å². The number of thiazole rings is 1. The minimum atomic E-state index is 0.312. The van der Waals surface area contributed by atoms with Crippen LogP contribution in [0.2, 0.25) is 0 Å². The molecule has 3 nitrogen and oxygen atoms in total. The van der Waals surface area contributed by atoms with E-state index in [1.807, 2.05) is 5.51 Å². The highest BCUT2D eigenvalue weighted by molar-refractivity contribution is 7.09. The lowest BCUT2D eigenvalue weighted by Crippen LogP contribution is -2.53. The first kappa shape index (κ1) is 13.0. The maximum Gasteiger partial charge on any atom is 0.0798 e. The molecule has 1 saturated heterocycles. The highest BCUT2D eigenvalue weighted by atomic mass is 32.1. The van der Waals surface area contributed by atoms with E-state index < -0.39 is 0 Å². The molecule has 0 amide bonds. The fraction of sp³-hybridized carbons (Fsp3) is 0.769. The first-order valence-corrected chi connectivity index (χ1v) is 7.21. The summed E-state index contributed by atoms with van der Waals surface area (Å²) in [5, 5.41) is 0. The van der Waals surface area contributed by atoms with Gasteiger partial charge in [-0.2, -0.15) is 0 Å². The van der Waals surface area contributed by atoms with E-state index in [1.54, 1.807) is 11.3 Å². The smallest absolute Gasteiger partial charge is 0.0798 e. The van der Waals surface area contributed by atoms with Crippen LogP contribution in [0.4, 0.5) is 0 Å². The Balaban J connectivity index is 1.86. The monoisotopic (exact) mass is 253 g/mol. The van der Waals surface area contributed by atoms with Crippen LogP contribution >= 0.6 is 11.3 Å². The van der Waals surface area contributed by atoms with E-state index in [1.165, 1.54) is 36.8 Å². The molecule has 0 radical (unpaired) electrons. The molecule has 1 fully saturated rings. The number of aromatic nitrogens is 1. The standard InChI is InChI=1S/C13H23N3S/c1-11-12(17-10-14-11)9-15-5-7-16(8-6-15)13(2,3)4/h10H,5-9H2,1-4H3. The van der Waals surface area contributed by atoms with Crippen molar-refractivity contribution in [3.8, 4) is 0 Å². The maximum atomic E-state index is 4.32. The molecular weight excluding hydrogens is 230 g/mol. The van der Waals surface area contributed by atoms with Crippen molar-refractivity contribution in [3.63, 3.8) is 0 Å². The molecule has 0 aromatic carbocycles. The van der Waals surface area contributed by atoms with Crippen molar-refractivity contribution in [1.29, 1.82) is 0 Å². The summed E-state index contributed by atoms with van der Waals surface area (Å²) in [5.41, 5.74) is 3.47. The molecular formula is C13H23N3S. The number of nitrogens with zero attached hydrogens (tertiary/aromatic N) is 3. The quantitative estimate of drug-likeness (QED) is 0.806. The fourth-order valence-corrected chi connectivity index (χ4v) is 3.08. The molecule has 0 bridgehead atoms. The summed E-state index contributed by atoms with van der Waals surface area (Å²) in [5.74, 6) is 0. The molecule has 2 heterocycles. The van der Waals surface area contributed by atoms with Crippen LogP contribution in [0, 0.1) is 6.92 Å². The second-order valence-electron chi connectivity index (χ2n) is 5.79. The zero-order valence-electron chi connectivity index (χ0n) is 11.4. The molecule has 0 spiro atoms. The number of hydrogen-bond donors (Lipinski definition) is 0. The number of aryl methyl sites for hydroxylation is 1. The minimum Gasteiger partial charge on any atom is -0.296 e. The van der Waals surface area contributed by atoms with Crippen LogP contribution in [0.1, 0.15) is 31.3 Å². The van der Waals surface area contributed by atoms with Gasteiger partial charge in [0.1, 0.15) is 0 Å². The Kier molecular flexibility index (Phi) is 3.85. The molecule has 1 aromatic heterocycles. The number of rotatable bonds is 2. The summed E-state index contributed by atoms with van der Waals surface area (Å²) in [6.45, 7) is 14.8. The van der Waals surface area contributed by atoms with E-state index in [2.05, 4.69) is 42.5 Å². The first-order chi connectivity index (χ1) is 7.97. The summed E-state index contributed by atoms with van der Waals surface area (Å²) < 4.78 is 0. The fourth-order valence-electron chi connectivity index (χ4n) is 2.26. The van der Waals surface area contributed by atoms with Crippen LogP contribution in [0.3, 0.4) is 0 Å². The van der Waals surface area contributed by atoms with Gasteiger partial charge in [0.25, 0.3) is 0 Å². The SMILES string of the molecule is Cc1ncsc1CN1CCN(C(C)(C)C)CC1. The molecule has 0 aliphatic carbocycles. The summed E-state index contributed by atoms with van der Waals surface area (Å²) in [7, 11) is 0. The normalized spacial score (nSPS) is 19.8. The van der Waals surface area contributed by atoms with Crippen molar-refractivity contribution in [2.45, 2.75) is 39.8 Å². The van der Waals surface area contributed by atoms with Gasteiger partial charge in [-0.05, 0) is 27.7 Å². The number of hydrogen-bond acceptors (Lipinski definition) is 4. The Morgan fingerprint density at radius 2 is 1.88 bits per heavy atom. The Labute approximate surface area is 108 Å². The van der Waals surface area contributed by atoms with Gasteiger partial charge >= 0.3 is 0 Å². The third kappa shape index (κ3) is 3.27. The molecule has 2 rings (SSSR count). The Morgan fingerprint density at radius 3 is 2.35 bits per heavy atom. The Bertz CT molecular complexity index is 359. The summed E-state index contributed by atoms with van der Waals surface area (Å²) in [6.07, 6.45) is 0. The van der Waals surface area contributed by atoms with E-state index in [9.17, 15) is 0 Å². The molecule has 1 aromatic rings. The second-order valence-corrected chi connectivity index (χ2v) is 6.73. The second kappa shape index (κ2) is 5.04. The lowest BCUT2D eigenvalue weighted by Gasteiger charge is -2.42. The van der Waals surface area contributed by atoms with Crippen molar-refractivity contribution in [2.75, 3.05) is 26.2 Å².